The number of nitrogens with one attached hydrogen (secondary N) is 1. The summed E-state index contributed by atoms with van der Waals surface area (Å²) in [7, 11) is 0. The summed E-state index contributed by atoms with van der Waals surface area (Å²) in [5.74, 6) is 0. The van der Waals surface area contributed by atoms with Gasteiger partial charge in [-0.1, -0.05) is 48.5 Å². The van der Waals surface area contributed by atoms with Crippen molar-refractivity contribution in [3.63, 3.8) is 0 Å². The normalized spacial score (nSPS) is 10.8. The second-order valence-electron chi connectivity index (χ2n) is 4.47. The van der Waals surface area contributed by atoms with Gasteiger partial charge in [0, 0.05) is 20.8 Å². The zero-order valence-corrected chi connectivity index (χ0v) is 14.5. The quantitative estimate of drug-likeness (QED) is 0.649. The van der Waals surface area contributed by atoms with E-state index >= 15 is 0 Å². The molecule has 0 aliphatic rings. The van der Waals surface area contributed by atoms with Crippen LogP contribution in [-0.4, -0.2) is 6.54 Å². The van der Waals surface area contributed by atoms with Gasteiger partial charge in [0.05, 0.1) is 5.02 Å². The first-order chi connectivity index (χ1) is 9.70. The van der Waals surface area contributed by atoms with Crippen molar-refractivity contribution in [2.75, 3.05) is 6.54 Å². The molecule has 0 saturated carbocycles. The van der Waals surface area contributed by atoms with Crippen molar-refractivity contribution >= 4 is 39.3 Å². The molecule has 2 aromatic rings. The summed E-state index contributed by atoms with van der Waals surface area (Å²) in [6.45, 7) is 4.13. The molecule has 0 aliphatic heterocycles. The zero-order chi connectivity index (χ0) is 14.4. The van der Waals surface area contributed by atoms with E-state index in [-0.39, 0.29) is 0 Å². The smallest absolute Gasteiger partial charge is 0.0545 e. The van der Waals surface area contributed by atoms with E-state index in [0.29, 0.717) is 0 Å². The molecular formula is C16H17BrClNS. The van der Waals surface area contributed by atoms with E-state index < -0.39 is 0 Å². The van der Waals surface area contributed by atoms with Crippen LogP contribution in [0.3, 0.4) is 0 Å². The third-order valence-electron chi connectivity index (χ3n) is 2.81. The Balaban J connectivity index is 2.08. The molecule has 2 aromatic carbocycles. The van der Waals surface area contributed by atoms with Crippen molar-refractivity contribution in [3.05, 3.63) is 57.5 Å². The van der Waals surface area contributed by atoms with Gasteiger partial charge >= 0.3 is 0 Å². The number of rotatable bonds is 6. The second-order valence-corrected chi connectivity index (χ2v) is 6.82. The molecule has 0 amide bonds. The minimum Gasteiger partial charge on any atom is -0.313 e. The topological polar surface area (TPSA) is 12.0 Å². The first-order valence-corrected chi connectivity index (χ1v) is 8.61. The minimum atomic E-state index is 0.790. The Morgan fingerprint density at radius 2 is 1.95 bits per heavy atom. The van der Waals surface area contributed by atoms with E-state index in [1.165, 1.54) is 10.5 Å². The highest BCUT2D eigenvalue weighted by Crippen LogP contribution is 2.37. The van der Waals surface area contributed by atoms with E-state index in [1.807, 2.05) is 24.3 Å². The number of hydrogen-bond donors (Lipinski definition) is 1. The predicted octanol–water partition coefficient (Wildman–Crippen LogP) is 5.75. The van der Waals surface area contributed by atoms with Gasteiger partial charge in [-0.15, -0.1) is 0 Å². The zero-order valence-electron chi connectivity index (χ0n) is 11.3. The molecule has 1 N–H and O–H groups in total. The van der Waals surface area contributed by atoms with Gasteiger partial charge < -0.3 is 5.32 Å². The third kappa shape index (κ3) is 4.52. The summed E-state index contributed by atoms with van der Waals surface area (Å²) in [5, 5.41) is 4.20. The molecule has 0 spiro atoms. The minimum absolute atomic E-state index is 0.790. The SMILES string of the molecule is CCCNCc1ccc(Sc2ccccc2Cl)c(Br)c1. The molecule has 0 fully saturated rings. The van der Waals surface area contributed by atoms with Crippen molar-refractivity contribution in [2.45, 2.75) is 29.7 Å². The lowest BCUT2D eigenvalue weighted by Gasteiger charge is -2.09. The molecule has 106 valence electrons. The fraction of sp³-hybridized carbons (Fsp3) is 0.250. The molecule has 20 heavy (non-hydrogen) atoms. The van der Waals surface area contributed by atoms with Crippen molar-refractivity contribution < 1.29 is 0 Å². The van der Waals surface area contributed by atoms with Crippen LogP contribution in [0.15, 0.2) is 56.7 Å². The van der Waals surface area contributed by atoms with Gasteiger partial charge in [0.2, 0.25) is 0 Å². The van der Waals surface area contributed by atoms with Gasteiger partial charge in [-0.25, -0.2) is 0 Å². The molecule has 0 atom stereocenters. The maximum absolute atomic E-state index is 6.20. The highest BCUT2D eigenvalue weighted by Gasteiger charge is 2.06. The van der Waals surface area contributed by atoms with Gasteiger partial charge in [0.25, 0.3) is 0 Å². The van der Waals surface area contributed by atoms with E-state index in [1.54, 1.807) is 11.8 Å². The summed E-state index contributed by atoms with van der Waals surface area (Å²) in [4.78, 5) is 2.25. The maximum Gasteiger partial charge on any atom is 0.0545 e. The summed E-state index contributed by atoms with van der Waals surface area (Å²) >= 11 is 11.5. The van der Waals surface area contributed by atoms with Crippen LogP contribution in [0.5, 0.6) is 0 Å². The maximum atomic E-state index is 6.20. The third-order valence-corrected chi connectivity index (χ3v) is 5.32. The fourth-order valence-corrected chi connectivity index (χ4v) is 3.55. The van der Waals surface area contributed by atoms with Gasteiger partial charge in [-0.05, 0) is 58.7 Å². The first kappa shape index (κ1) is 15.9. The molecule has 2 rings (SSSR count). The first-order valence-electron chi connectivity index (χ1n) is 6.62. The Bertz CT molecular complexity index is 574. The van der Waals surface area contributed by atoms with Gasteiger partial charge in [-0.3, -0.25) is 0 Å². The van der Waals surface area contributed by atoms with Crippen LogP contribution in [0.2, 0.25) is 5.02 Å². The van der Waals surface area contributed by atoms with Crippen molar-refractivity contribution in [1.29, 1.82) is 0 Å². The van der Waals surface area contributed by atoms with Crippen molar-refractivity contribution in [2.24, 2.45) is 0 Å². The molecule has 0 heterocycles. The Kier molecular flexibility index (Phi) is 6.43. The summed E-state index contributed by atoms with van der Waals surface area (Å²) in [5.41, 5.74) is 1.29. The van der Waals surface area contributed by atoms with Crippen LogP contribution in [0, 0.1) is 0 Å². The Morgan fingerprint density at radius 3 is 2.65 bits per heavy atom. The fourth-order valence-electron chi connectivity index (χ4n) is 1.79. The van der Waals surface area contributed by atoms with E-state index in [2.05, 4.69) is 46.4 Å². The van der Waals surface area contributed by atoms with E-state index in [4.69, 9.17) is 11.6 Å². The molecule has 0 aliphatic carbocycles. The molecular weight excluding hydrogens is 354 g/mol. The second kappa shape index (κ2) is 8.08. The molecule has 4 heteroatoms. The number of benzene rings is 2. The lowest BCUT2D eigenvalue weighted by atomic mass is 10.2. The van der Waals surface area contributed by atoms with Crippen molar-refractivity contribution in [1.82, 2.24) is 5.32 Å². The van der Waals surface area contributed by atoms with Crippen molar-refractivity contribution in [3.8, 4) is 0 Å². The van der Waals surface area contributed by atoms with Crippen LogP contribution >= 0.6 is 39.3 Å². The molecule has 0 unspecified atom stereocenters. The Labute approximate surface area is 138 Å². The summed E-state index contributed by atoms with van der Waals surface area (Å²) < 4.78 is 1.11. The summed E-state index contributed by atoms with van der Waals surface area (Å²) in [6.07, 6.45) is 1.15. The van der Waals surface area contributed by atoms with Gasteiger partial charge in [0.1, 0.15) is 0 Å². The highest BCUT2D eigenvalue weighted by molar-refractivity contribution is 9.10. The molecule has 0 radical (unpaired) electrons. The van der Waals surface area contributed by atoms with Gasteiger partial charge in [-0.2, -0.15) is 0 Å². The highest BCUT2D eigenvalue weighted by atomic mass is 79.9. The molecule has 0 aromatic heterocycles. The van der Waals surface area contributed by atoms with Crippen LogP contribution in [0.25, 0.3) is 0 Å². The Morgan fingerprint density at radius 1 is 1.15 bits per heavy atom. The largest absolute Gasteiger partial charge is 0.313 e. The predicted molar refractivity (Wildman–Crippen MR) is 91.7 cm³/mol. The van der Waals surface area contributed by atoms with Crippen LogP contribution in [-0.2, 0) is 6.54 Å². The van der Waals surface area contributed by atoms with Gasteiger partial charge in [0.15, 0.2) is 0 Å². The molecule has 1 nitrogen and oxygen atoms in total. The number of hydrogen-bond acceptors (Lipinski definition) is 2. The van der Waals surface area contributed by atoms with E-state index in [0.717, 1.165) is 33.9 Å². The van der Waals surface area contributed by atoms with E-state index in [9.17, 15) is 0 Å². The lowest BCUT2D eigenvalue weighted by Crippen LogP contribution is -2.13. The standard InChI is InChI=1S/C16H17BrClNS/c1-2-9-19-11-12-7-8-15(13(17)10-12)20-16-6-4-3-5-14(16)18/h3-8,10,19H,2,9,11H2,1H3. The average molecular weight is 371 g/mol. The number of halogens is 2. The van der Waals surface area contributed by atoms with Crippen LogP contribution in [0.1, 0.15) is 18.9 Å². The lowest BCUT2D eigenvalue weighted by molar-refractivity contribution is 0.675. The molecule has 0 saturated heterocycles. The average Bonchev–Trinajstić information content (AvgIpc) is 2.44. The Hall–Kier alpha value is -0.480. The van der Waals surface area contributed by atoms with Crippen LogP contribution < -0.4 is 5.32 Å². The molecule has 0 bridgehead atoms. The monoisotopic (exact) mass is 369 g/mol. The summed E-state index contributed by atoms with van der Waals surface area (Å²) in [6, 6.07) is 14.4. The van der Waals surface area contributed by atoms with Crippen LogP contribution in [0.4, 0.5) is 0 Å².